The molecule has 2 rings (SSSR count). The molecule has 2 heterocycles. The number of rotatable bonds is 4. The molecule has 108 valence electrons. The number of hydrogen-bond acceptors (Lipinski definition) is 4. The van der Waals surface area contributed by atoms with Crippen molar-refractivity contribution < 1.29 is 14.7 Å². The Bertz CT molecular complexity index is 516. The van der Waals surface area contributed by atoms with E-state index in [-0.39, 0.29) is 12.5 Å². The number of carboxylic acids is 1. The monoisotopic (exact) mass is 294 g/mol. The maximum absolute atomic E-state index is 12.0. The second-order valence-corrected chi connectivity index (χ2v) is 6.10. The number of aryl methyl sites for hydroxylation is 1. The molecule has 1 aliphatic heterocycles. The molecule has 0 saturated carbocycles. The third-order valence-corrected chi connectivity index (χ3v) is 4.16. The van der Waals surface area contributed by atoms with Gasteiger partial charge in [-0.05, 0) is 25.1 Å². The van der Waals surface area contributed by atoms with Crippen LogP contribution in [0.4, 0.5) is 0 Å². The van der Waals surface area contributed by atoms with Crippen molar-refractivity contribution in [1.29, 1.82) is 0 Å². The van der Waals surface area contributed by atoms with E-state index in [1.807, 2.05) is 30.0 Å². The van der Waals surface area contributed by atoms with E-state index in [4.69, 9.17) is 5.11 Å². The molecular formula is C14H18N2O3S. The van der Waals surface area contributed by atoms with Gasteiger partial charge in [0.1, 0.15) is 0 Å². The second-order valence-electron chi connectivity index (χ2n) is 4.78. The highest BCUT2D eigenvalue weighted by Crippen LogP contribution is 2.16. The van der Waals surface area contributed by atoms with Crippen LogP contribution in [-0.2, 0) is 9.59 Å². The van der Waals surface area contributed by atoms with Crippen molar-refractivity contribution >= 4 is 29.3 Å². The van der Waals surface area contributed by atoms with E-state index < -0.39 is 5.97 Å². The highest BCUT2D eigenvalue weighted by atomic mass is 32.1. The third kappa shape index (κ3) is 4.18. The quantitative estimate of drug-likeness (QED) is 0.850. The van der Waals surface area contributed by atoms with Gasteiger partial charge in [-0.25, -0.2) is 0 Å². The number of thiophene rings is 1. The molecule has 0 spiro atoms. The molecule has 1 aromatic heterocycles. The number of carbonyl (C=O) groups excluding carboxylic acids is 1. The summed E-state index contributed by atoms with van der Waals surface area (Å²) < 4.78 is 0. The van der Waals surface area contributed by atoms with Gasteiger partial charge in [-0.3, -0.25) is 14.5 Å². The van der Waals surface area contributed by atoms with Gasteiger partial charge < -0.3 is 10.0 Å². The Labute approximate surface area is 122 Å². The normalized spacial score (nSPS) is 16.8. The average molecular weight is 294 g/mol. The first-order chi connectivity index (χ1) is 9.54. The molecule has 5 nitrogen and oxygen atoms in total. The van der Waals surface area contributed by atoms with Gasteiger partial charge in [-0.15, -0.1) is 11.3 Å². The molecule has 1 N–H and O–H groups in total. The standard InChI is InChI=1S/C14H18N2O3S/c1-11-2-3-12(20-11)4-5-13(17)16-8-6-15(7-9-16)10-14(18)19/h2-5H,6-10H2,1H3,(H,18,19)/b5-4+. The number of aliphatic carboxylic acids is 1. The van der Waals surface area contributed by atoms with Gasteiger partial charge in [0.05, 0.1) is 6.54 Å². The lowest BCUT2D eigenvalue weighted by molar-refractivity contribution is -0.139. The van der Waals surface area contributed by atoms with E-state index in [0.29, 0.717) is 26.2 Å². The first-order valence-electron chi connectivity index (χ1n) is 6.52. The maximum atomic E-state index is 12.0. The smallest absolute Gasteiger partial charge is 0.317 e. The Kier molecular flexibility index (Phi) is 4.92. The van der Waals surface area contributed by atoms with E-state index >= 15 is 0 Å². The summed E-state index contributed by atoms with van der Waals surface area (Å²) in [5.41, 5.74) is 0. The summed E-state index contributed by atoms with van der Waals surface area (Å²) >= 11 is 1.65. The van der Waals surface area contributed by atoms with Gasteiger partial charge in [0, 0.05) is 42.0 Å². The van der Waals surface area contributed by atoms with E-state index in [0.717, 1.165) is 4.88 Å². The van der Waals surface area contributed by atoms with Crippen LogP contribution in [0.15, 0.2) is 18.2 Å². The molecule has 0 atom stereocenters. The van der Waals surface area contributed by atoms with Crippen LogP contribution in [0.2, 0.25) is 0 Å². The first-order valence-corrected chi connectivity index (χ1v) is 7.34. The predicted octanol–water partition coefficient (Wildman–Crippen LogP) is 1.30. The molecule has 0 bridgehead atoms. The van der Waals surface area contributed by atoms with Crippen molar-refractivity contribution in [2.75, 3.05) is 32.7 Å². The van der Waals surface area contributed by atoms with Crippen LogP contribution in [0.1, 0.15) is 9.75 Å². The molecule has 20 heavy (non-hydrogen) atoms. The van der Waals surface area contributed by atoms with E-state index in [1.165, 1.54) is 4.88 Å². The summed E-state index contributed by atoms with van der Waals surface area (Å²) in [6, 6.07) is 4.02. The lowest BCUT2D eigenvalue weighted by Gasteiger charge is -2.33. The van der Waals surface area contributed by atoms with Crippen LogP contribution in [0, 0.1) is 6.92 Å². The fourth-order valence-electron chi connectivity index (χ4n) is 2.12. The molecule has 0 unspecified atom stereocenters. The Morgan fingerprint density at radius 2 is 2.00 bits per heavy atom. The zero-order valence-corrected chi connectivity index (χ0v) is 12.2. The Morgan fingerprint density at radius 3 is 2.55 bits per heavy atom. The van der Waals surface area contributed by atoms with Gasteiger partial charge in [0.25, 0.3) is 0 Å². The summed E-state index contributed by atoms with van der Waals surface area (Å²) in [7, 11) is 0. The zero-order valence-electron chi connectivity index (χ0n) is 11.4. The predicted molar refractivity (Wildman–Crippen MR) is 78.7 cm³/mol. The largest absolute Gasteiger partial charge is 0.480 e. The second kappa shape index (κ2) is 6.67. The van der Waals surface area contributed by atoms with Gasteiger partial charge in [0.2, 0.25) is 5.91 Å². The van der Waals surface area contributed by atoms with Crippen molar-refractivity contribution in [3.63, 3.8) is 0 Å². The minimum Gasteiger partial charge on any atom is -0.480 e. The molecule has 1 aliphatic rings. The fourth-order valence-corrected chi connectivity index (χ4v) is 2.90. The number of nitrogens with zero attached hydrogens (tertiary/aromatic N) is 2. The minimum absolute atomic E-state index is 0.00831. The summed E-state index contributed by atoms with van der Waals surface area (Å²) in [5, 5.41) is 8.72. The van der Waals surface area contributed by atoms with E-state index in [2.05, 4.69) is 0 Å². The topological polar surface area (TPSA) is 60.9 Å². The van der Waals surface area contributed by atoms with Gasteiger partial charge in [0.15, 0.2) is 0 Å². The molecule has 0 aromatic carbocycles. The van der Waals surface area contributed by atoms with Crippen LogP contribution in [0.5, 0.6) is 0 Å². The molecule has 1 saturated heterocycles. The number of hydrogen-bond donors (Lipinski definition) is 1. The molecule has 1 aromatic rings. The van der Waals surface area contributed by atoms with E-state index in [9.17, 15) is 9.59 Å². The highest BCUT2D eigenvalue weighted by Gasteiger charge is 2.20. The van der Waals surface area contributed by atoms with Crippen LogP contribution >= 0.6 is 11.3 Å². The summed E-state index contributed by atoms with van der Waals surface area (Å²) in [4.78, 5) is 28.5. The van der Waals surface area contributed by atoms with Crippen molar-refractivity contribution in [2.45, 2.75) is 6.92 Å². The van der Waals surface area contributed by atoms with Gasteiger partial charge in [-0.2, -0.15) is 0 Å². The molecule has 6 heteroatoms. The Balaban J connectivity index is 1.82. The first kappa shape index (κ1) is 14.7. The molecule has 0 radical (unpaired) electrons. The van der Waals surface area contributed by atoms with Crippen LogP contribution in [-0.4, -0.2) is 59.5 Å². The van der Waals surface area contributed by atoms with Crippen molar-refractivity contribution in [1.82, 2.24) is 9.80 Å². The minimum atomic E-state index is -0.822. The summed E-state index contributed by atoms with van der Waals surface area (Å²) in [5.74, 6) is -0.830. The maximum Gasteiger partial charge on any atom is 0.317 e. The number of amides is 1. The Hall–Kier alpha value is -1.66. The molecular weight excluding hydrogens is 276 g/mol. The molecule has 1 amide bonds. The van der Waals surface area contributed by atoms with Crippen molar-refractivity contribution in [3.05, 3.63) is 28.0 Å². The highest BCUT2D eigenvalue weighted by molar-refractivity contribution is 7.12. The zero-order chi connectivity index (χ0) is 14.5. The van der Waals surface area contributed by atoms with Gasteiger partial charge in [-0.1, -0.05) is 0 Å². The van der Waals surface area contributed by atoms with Crippen molar-refractivity contribution in [2.24, 2.45) is 0 Å². The average Bonchev–Trinajstić information content (AvgIpc) is 2.82. The lowest BCUT2D eigenvalue weighted by Crippen LogP contribution is -2.49. The number of carboxylic acid groups (broad SMARTS) is 1. The summed E-state index contributed by atoms with van der Waals surface area (Å²) in [6.07, 6.45) is 3.43. The lowest BCUT2D eigenvalue weighted by atomic mass is 10.3. The van der Waals surface area contributed by atoms with Crippen LogP contribution in [0.25, 0.3) is 6.08 Å². The SMILES string of the molecule is Cc1ccc(/C=C/C(=O)N2CCN(CC(=O)O)CC2)s1. The van der Waals surface area contributed by atoms with Gasteiger partial charge >= 0.3 is 5.97 Å². The van der Waals surface area contributed by atoms with Crippen LogP contribution in [0.3, 0.4) is 0 Å². The fraction of sp³-hybridized carbons (Fsp3) is 0.429. The molecule has 0 aliphatic carbocycles. The summed E-state index contributed by atoms with van der Waals surface area (Å²) in [6.45, 7) is 4.48. The Morgan fingerprint density at radius 1 is 1.30 bits per heavy atom. The number of carbonyl (C=O) groups is 2. The third-order valence-electron chi connectivity index (χ3n) is 3.19. The molecule has 1 fully saturated rings. The van der Waals surface area contributed by atoms with Crippen LogP contribution < -0.4 is 0 Å². The van der Waals surface area contributed by atoms with E-state index in [1.54, 1.807) is 22.3 Å². The van der Waals surface area contributed by atoms with Crippen molar-refractivity contribution in [3.8, 4) is 0 Å². The number of piperazine rings is 1.